The highest BCUT2D eigenvalue weighted by atomic mass is 35.5. The first-order valence-corrected chi connectivity index (χ1v) is 5.17. The zero-order valence-corrected chi connectivity index (χ0v) is 11.6. The number of hydrogen-bond acceptors (Lipinski definition) is 6. The van der Waals surface area contributed by atoms with E-state index in [4.69, 9.17) is 0 Å². The molecule has 1 N–H and O–H groups in total. The molecule has 0 bridgehead atoms. The van der Waals surface area contributed by atoms with Crippen LogP contribution in [-0.4, -0.2) is 49.2 Å². The lowest BCUT2D eigenvalue weighted by Crippen LogP contribution is -2.43. The number of nitrogens with one attached hydrogen (secondary N) is 1. The Bertz CT molecular complexity index is 369. The Labute approximate surface area is 118 Å². The predicted molar refractivity (Wildman–Crippen MR) is 73.0 cm³/mol. The molecule has 1 aromatic rings. The maximum Gasteiger partial charge on any atom is 0.358 e. The first-order valence-electron chi connectivity index (χ1n) is 5.17. The normalized spacial score (nSPS) is 14.2. The van der Waals surface area contributed by atoms with Gasteiger partial charge in [0.05, 0.1) is 19.5 Å². The number of carbonyl (C=O) groups excluding carboxylic acids is 1. The van der Waals surface area contributed by atoms with Gasteiger partial charge in [-0.2, -0.15) is 0 Å². The highest BCUT2D eigenvalue weighted by molar-refractivity contribution is 5.86. The second-order valence-corrected chi connectivity index (χ2v) is 3.49. The molecule has 0 radical (unpaired) electrons. The molecular weight excluding hydrogens is 279 g/mol. The van der Waals surface area contributed by atoms with Crippen molar-refractivity contribution in [2.75, 3.05) is 38.2 Å². The van der Waals surface area contributed by atoms with Gasteiger partial charge in [-0.15, -0.1) is 24.8 Å². The summed E-state index contributed by atoms with van der Waals surface area (Å²) in [4.78, 5) is 21.5. The Morgan fingerprint density at radius 1 is 1.28 bits per heavy atom. The molecule has 0 aliphatic carbocycles. The van der Waals surface area contributed by atoms with Gasteiger partial charge in [-0.3, -0.25) is 0 Å². The monoisotopic (exact) mass is 294 g/mol. The minimum Gasteiger partial charge on any atom is -0.464 e. The van der Waals surface area contributed by atoms with Crippen molar-refractivity contribution < 1.29 is 9.53 Å². The Morgan fingerprint density at radius 2 is 1.94 bits per heavy atom. The lowest BCUT2D eigenvalue weighted by molar-refractivity contribution is 0.0593. The number of hydrogen-bond donors (Lipinski definition) is 1. The van der Waals surface area contributed by atoms with Crippen molar-refractivity contribution in [2.24, 2.45) is 0 Å². The van der Waals surface area contributed by atoms with Crippen LogP contribution in [0.3, 0.4) is 0 Å². The van der Waals surface area contributed by atoms with Gasteiger partial charge in [0, 0.05) is 26.2 Å². The summed E-state index contributed by atoms with van der Waals surface area (Å²) in [5.41, 5.74) is 0.237. The number of anilines is 1. The Balaban J connectivity index is 0.00000144. The maximum atomic E-state index is 11.2. The summed E-state index contributed by atoms with van der Waals surface area (Å²) in [6.07, 6.45) is 3.06. The molecule has 1 aromatic heterocycles. The zero-order chi connectivity index (χ0) is 11.4. The van der Waals surface area contributed by atoms with Gasteiger partial charge < -0.3 is 15.0 Å². The fourth-order valence-electron chi connectivity index (χ4n) is 1.59. The van der Waals surface area contributed by atoms with Gasteiger partial charge in [0.2, 0.25) is 0 Å². The number of carbonyl (C=O) groups is 1. The van der Waals surface area contributed by atoms with Gasteiger partial charge in [0.1, 0.15) is 5.82 Å². The molecule has 0 spiro atoms. The van der Waals surface area contributed by atoms with Gasteiger partial charge >= 0.3 is 5.97 Å². The molecule has 1 aliphatic rings. The number of piperazine rings is 1. The third-order valence-corrected chi connectivity index (χ3v) is 2.47. The highest BCUT2D eigenvalue weighted by Crippen LogP contribution is 2.09. The van der Waals surface area contributed by atoms with E-state index < -0.39 is 5.97 Å². The van der Waals surface area contributed by atoms with Crippen molar-refractivity contribution in [1.82, 2.24) is 15.3 Å². The lowest BCUT2D eigenvalue weighted by Gasteiger charge is -2.27. The summed E-state index contributed by atoms with van der Waals surface area (Å²) in [7, 11) is 1.33. The minimum atomic E-state index is -0.459. The molecule has 1 aliphatic heterocycles. The second-order valence-electron chi connectivity index (χ2n) is 3.49. The number of nitrogens with zero attached hydrogens (tertiary/aromatic N) is 3. The number of esters is 1. The molecule has 1 fully saturated rings. The molecular formula is C10H16Cl2N4O2. The molecule has 2 heterocycles. The van der Waals surface area contributed by atoms with Crippen LogP contribution >= 0.6 is 24.8 Å². The molecule has 102 valence electrons. The summed E-state index contributed by atoms with van der Waals surface area (Å²) >= 11 is 0. The van der Waals surface area contributed by atoms with Crippen LogP contribution < -0.4 is 10.2 Å². The quantitative estimate of drug-likeness (QED) is 0.802. The van der Waals surface area contributed by atoms with E-state index in [1.807, 2.05) is 0 Å². The lowest BCUT2D eigenvalue weighted by atomic mass is 10.3. The summed E-state index contributed by atoms with van der Waals surface area (Å²) < 4.78 is 4.56. The van der Waals surface area contributed by atoms with E-state index in [1.165, 1.54) is 13.3 Å². The van der Waals surface area contributed by atoms with Crippen molar-refractivity contribution in [3.8, 4) is 0 Å². The maximum absolute atomic E-state index is 11.2. The Hall–Kier alpha value is -1.11. The molecule has 0 unspecified atom stereocenters. The van der Waals surface area contributed by atoms with Crippen LogP contribution in [0.1, 0.15) is 10.5 Å². The smallest absolute Gasteiger partial charge is 0.358 e. The fourth-order valence-corrected chi connectivity index (χ4v) is 1.59. The molecule has 8 heteroatoms. The van der Waals surface area contributed by atoms with Crippen LogP contribution in [0, 0.1) is 0 Å². The summed E-state index contributed by atoms with van der Waals surface area (Å²) in [6.45, 7) is 3.71. The van der Waals surface area contributed by atoms with Crippen LogP contribution in [0.5, 0.6) is 0 Å². The van der Waals surface area contributed by atoms with E-state index in [1.54, 1.807) is 6.20 Å². The van der Waals surface area contributed by atoms with Crippen molar-refractivity contribution >= 4 is 36.6 Å². The number of ether oxygens (including phenoxy) is 1. The van der Waals surface area contributed by atoms with Crippen molar-refractivity contribution in [3.05, 3.63) is 18.1 Å². The van der Waals surface area contributed by atoms with Gasteiger partial charge in [0.15, 0.2) is 5.69 Å². The van der Waals surface area contributed by atoms with E-state index >= 15 is 0 Å². The van der Waals surface area contributed by atoms with Gasteiger partial charge in [-0.25, -0.2) is 14.8 Å². The SMILES string of the molecule is COC(=O)c1cnc(N2CCNCC2)cn1.Cl.Cl. The van der Waals surface area contributed by atoms with Crippen molar-refractivity contribution in [1.29, 1.82) is 0 Å². The fraction of sp³-hybridized carbons (Fsp3) is 0.500. The first-order chi connectivity index (χ1) is 7.81. The van der Waals surface area contributed by atoms with Crippen LogP contribution in [-0.2, 0) is 4.74 Å². The summed E-state index contributed by atoms with van der Waals surface area (Å²) in [6, 6.07) is 0. The predicted octanol–water partition coefficient (Wildman–Crippen LogP) is 0.516. The van der Waals surface area contributed by atoms with Gasteiger partial charge in [-0.05, 0) is 0 Å². The molecule has 0 amide bonds. The largest absolute Gasteiger partial charge is 0.464 e. The summed E-state index contributed by atoms with van der Waals surface area (Å²) in [5, 5.41) is 3.26. The number of methoxy groups -OCH3 is 1. The second kappa shape index (κ2) is 8.07. The zero-order valence-electron chi connectivity index (χ0n) is 9.96. The van der Waals surface area contributed by atoms with Crippen LogP contribution in [0.15, 0.2) is 12.4 Å². The third kappa shape index (κ3) is 3.97. The van der Waals surface area contributed by atoms with E-state index in [9.17, 15) is 4.79 Å². The summed E-state index contributed by atoms with van der Waals surface area (Å²) in [5.74, 6) is 0.341. The van der Waals surface area contributed by atoms with Crippen molar-refractivity contribution in [3.63, 3.8) is 0 Å². The molecule has 18 heavy (non-hydrogen) atoms. The van der Waals surface area contributed by atoms with Crippen molar-refractivity contribution in [2.45, 2.75) is 0 Å². The first kappa shape index (κ1) is 16.9. The number of aromatic nitrogens is 2. The third-order valence-electron chi connectivity index (χ3n) is 2.47. The van der Waals surface area contributed by atoms with E-state index in [2.05, 4.69) is 24.9 Å². The van der Waals surface area contributed by atoms with E-state index in [-0.39, 0.29) is 30.5 Å². The van der Waals surface area contributed by atoms with Gasteiger partial charge in [0.25, 0.3) is 0 Å². The molecule has 0 saturated carbocycles. The topological polar surface area (TPSA) is 67.3 Å². The highest BCUT2D eigenvalue weighted by Gasteiger charge is 2.13. The van der Waals surface area contributed by atoms with E-state index in [0.29, 0.717) is 0 Å². The average molecular weight is 295 g/mol. The Morgan fingerprint density at radius 3 is 2.44 bits per heavy atom. The molecule has 1 saturated heterocycles. The van der Waals surface area contributed by atoms with Crippen LogP contribution in [0.25, 0.3) is 0 Å². The standard InChI is InChI=1S/C10H14N4O2.2ClH/c1-16-10(15)8-6-13-9(7-12-8)14-4-2-11-3-5-14;;/h6-7,11H,2-5H2,1H3;2*1H. The molecule has 0 aromatic carbocycles. The van der Waals surface area contributed by atoms with Crippen LogP contribution in [0.4, 0.5) is 5.82 Å². The van der Waals surface area contributed by atoms with Crippen LogP contribution in [0.2, 0.25) is 0 Å². The number of rotatable bonds is 2. The number of halogens is 2. The molecule has 0 atom stereocenters. The average Bonchev–Trinajstić information content (AvgIpc) is 2.39. The van der Waals surface area contributed by atoms with Gasteiger partial charge in [-0.1, -0.05) is 0 Å². The minimum absolute atomic E-state index is 0. The molecule has 2 rings (SSSR count). The van der Waals surface area contributed by atoms with E-state index in [0.717, 1.165) is 32.0 Å². The Kier molecular flexibility index (Phi) is 7.58. The molecule has 6 nitrogen and oxygen atoms in total.